The van der Waals surface area contributed by atoms with E-state index in [9.17, 15) is 0 Å². The van der Waals surface area contributed by atoms with Crippen LogP contribution in [0.5, 0.6) is 0 Å². The van der Waals surface area contributed by atoms with Gasteiger partial charge in [-0.05, 0) is 37.2 Å². The first-order chi connectivity index (χ1) is 7.83. The van der Waals surface area contributed by atoms with E-state index in [1.54, 1.807) is 0 Å². The third-order valence-electron chi connectivity index (χ3n) is 3.15. The van der Waals surface area contributed by atoms with Crippen molar-refractivity contribution < 1.29 is 0 Å². The SMILES string of the molecule is CN1CC=C(c2cc3cccnc3[nH]2)CC1. The van der Waals surface area contributed by atoms with Gasteiger partial charge in [-0.3, -0.25) is 0 Å². The number of hydrogen-bond donors (Lipinski definition) is 1. The number of likely N-dealkylation sites (N-methyl/N-ethyl adjacent to an activating group) is 1. The van der Waals surface area contributed by atoms with E-state index >= 15 is 0 Å². The fourth-order valence-corrected chi connectivity index (χ4v) is 2.15. The Morgan fingerprint density at radius 3 is 3.12 bits per heavy atom. The molecular formula is C13H15N3. The molecule has 3 rings (SSSR count). The lowest BCUT2D eigenvalue weighted by Crippen LogP contribution is -2.23. The Balaban J connectivity index is 2.00. The molecule has 0 bridgehead atoms. The summed E-state index contributed by atoms with van der Waals surface area (Å²) in [4.78, 5) is 10.0. The predicted octanol–water partition coefficient (Wildman–Crippen LogP) is 2.28. The summed E-state index contributed by atoms with van der Waals surface area (Å²) in [5, 5.41) is 1.19. The molecule has 82 valence electrons. The van der Waals surface area contributed by atoms with Crippen molar-refractivity contribution in [1.82, 2.24) is 14.9 Å². The minimum Gasteiger partial charge on any atom is -0.339 e. The molecule has 2 aromatic rings. The van der Waals surface area contributed by atoms with Gasteiger partial charge in [-0.1, -0.05) is 6.08 Å². The Morgan fingerprint density at radius 1 is 1.44 bits per heavy atom. The minimum atomic E-state index is 0.984. The molecule has 0 saturated heterocycles. The van der Waals surface area contributed by atoms with Crippen LogP contribution in [0.3, 0.4) is 0 Å². The summed E-state index contributed by atoms with van der Waals surface area (Å²) >= 11 is 0. The highest BCUT2D eigenvalue weighted by molar-refractivity contribution is 5.81. The zero-order chi connectivity index (χ0) is 11.0. The lowest BCUT2D eigenvalue weighted by Gasteiger charge is -2.21. The van der Waals surface area contributed by atoms with Crippen molar-refractivity contribution in [2.75, 3.05) is 20.1 Å². The summed E-state index contributed by atoms with van der Waals surface area (Å²) in [6.45, 7) is 2.17. The average Bonchev–Trinajstić information content (AvgIpc) is 2.73. The van der Waals surface area contributed by atoms with Gasteiger partial charge in [0.25, 0.3) is 0 Å². The van der Waals surface area contributed by atoms with E-state index < -0.39 is 0 Å². The summed E-state index contributed by atoms with van der Waals surface area (Å²) in [7, 11) is 2.15. The summed E-state index contributed by atoms with van der Waals surface area (Å²) in [6, 6.07) is 6.26. The third-order valence-corrected chi connectivity index (χ3v) is 3.15. The molecule has 0 spiro atoms. The lowest BCUT2D eigenvalue weighted by atomic mass is 10.1. The van der Waals surface area contributed by atoms with Crippen molar-refractivity contribution in [2.45, 2.75) is 6.42 Å². The van der Waals surface area contributed by atoms with Crippen molar-refractivity contribution in [1.29, 1.82) is 0 Å². The summed E-state index contributed by atoms with van der Waals surface area (Å²) in [5.74, 6) is 0. The number of pyridine rings is 1. The van der Waals surface area contributed by atoms with Crippen molar-refractivity contribution in [3.63, 3.8) is 0 Å². The van der Waals surface area contributed by atoms with E-state index in [1.807, 2.05) is 12.3 Å². The Labute approximate surface area is 94.8 Å². The molecule has 0 aromatic carbocycles. The van der Waals surface area contributed by atoms with Crippen LogP contribution < -0.4 is 0 Å². The van der Waals surface area contributed by atoms with Crippen molar-refractivity contribution in [3.8, 4) is 0 Å². The number of nitrogens with one attached hydrogen (secondary N) is 1. The molecule has 0 saturated carbocycles. The van der Waals surface area contributed by atoms with Crippen LogP contribution in [-0.4, -0.2) is 35.0 Å². The molecule has 1 N–H and O–H groups in total. The van der Waals surface area contributed by atoms with Gasteiger partial charge in [-0.15, -0.1) is 0 Å². The topological polar surface area (TPSA) is 31.9 Å². The van der Waals surface area contributed by atoms with E-state index in [0.717, 1.165) is 25.2 Å². The number of hydrogen-bond acceptors (Lipinski definition) is 2. The van der Waals surface area contributed by atoms with Crippen LogP contribution in [0, 0.1) is 0 Å². The molecule has 3 heterocycles. The Bertz CT molecular complexity index is 506. The van der Waals surface area contributed by atoms with Gasteiger partial charge in [-0.25, -0.2) is 4.98 Å². The molecule has 1 aliphatic heterocycles. The van der Waals surface area contributed by atoms with Crippen LogP contribution in [0.2, 0.25) is 0 Å². The Hall–Kier alpha value is -1.61. The quantitative estimate of drug-likeness (QED) is 0.788. The summed E-state index contributed by atoms with van der Waals surface area (Å²) in [5.41, 5.74) is 3.62. The molecule has 0 fully saturated rings. The Morgan fingerprint density at radius 2 is 2.38 bits per heavy atom. The number of aromatic nitrogens is 2. The zero-order valence-corrected chi connectivity index (χ0v) is 9.40. The highest BCUT2D eigenvalue weighted by atomic mass is 15.1. The monoisotopic (exact) mass is 213 g/mol. The van der Waals surface area contributed by atoms with Crippen LogP contribution in [0.25, 0.3) is 16.6 Å². The molecule has 0 radical (unpaired) electrons. The van der Waals surface area contributed by atoms with Gasteiger partial charge in [0, 0.05) is 30.4 Å². The molecule has 0 aliphatic carbocycles. The standard InChI is InChI=1S/C13H15N3/c1-16-7-4-10(5-8-16)12-9-11-3-2-6-14-13(11)15-12/h2-4,6,9H,5,7-8H2,1H3,(H,14,15). The second-order valence-corrected chi connectivity index (χ2v) is 4.37. The zero-order valence-electron chi connectivity index (χ0n) is 9.40. The van der Waals surface area contributed by atoms with Gasteiger partial charge in [0.2, 0.25) is 0 Å². The highest BCUT2D eigenvalue weighted by Gasteiger charge is 2.11. The fraction of sp³-hybridized carbons (Fsp3) is 0.308. The maximum absolute atomic E-state index is 4.32. The molecule has 0 amide bonds. The number of aromatic amines is 1. The number of rotatable bonds is 1. The van der Waals surface area contributed by atoms with Crippen LogP contribution in [0.1, 0.15) is 12.1 Å². The van der Waals surface area contributed by atoms with Crippen molar-refractivity contribution >= 4 is 16.6 Å². The van der Waals surface area contributed by atoms with Gasteiger partial charge >= 0.3 is 0 Å². The van der Waals surface area contributed by atoms with Gasteiger partial charge < -0.3 is 9.88 Å². The largest absolute Gasteiger partial charge is 0.339 e. The van der Waals surface area contributed by atoms with E-state index in [2.05, 4.69) is 40.1 Å². The summed E-state index contributed by atoms with van der Waals surface area (Å²) in [6.07, 6.45) is 5.24. The Kier molecular flexibility index (Phi) is 2.26. The van der Waals surface area contributed by atoms with E-state index in [0.29, 0.717) is 0 Å². The van der Waals surface area contributed by atoms with E-state index in [-0.39, 0.29) is 0 Å². The number of nitrogens with zero attached hydrogens (tertiary/aromatic N) is 2. The van der Waals surface area contributed by atoms with Crippen molar-refractivity contribution in [2.24, 2.45) is 0 Å². The number of H-pyrrole nitrogens is 1. The smallest absolute Gasteiger partial charge is 0.137 e. The van der Waals surface area contributed by atoms with Crippen molar-refractivity contribution in [3.05, 3.63) is 36.2 Å². The molecule has 3 heteroatoms. The fourth-order valence-electron chi connectivity index (χ4n) is 2.15. The molecule has 2 aromatic heterocycles. The third kappa shape index (κ3) is 1.63. The normalized spacial score (nSPS) is 17.7. The molecule has 0 unspecified atom stereocenters. The van der Waals surface area contributed by atoms with Crippen LogP contribution in [0.4, 0.5) is 0 Å². The van der Waals surface area contributed by atoms with Crippen LogP contribution >= 0.6 is 0 Å². The first kappa shape index (κ1) is 9.60. The predicted molar refractivity (Wildman–Crippen MR) is 66.2 cm³/mol. The molecule has 0 atom stereocenters. The second kappa shape index (κ2) is 3.76. The van der Waals surface area contributed by atoms with Crippen LogP contribution in [-0.2, 0) is 0 Å². The van der Waals surface area contributed by atoms with Crippen LogP contribution in [0.15, 0.2) is 30.5 Å². The molecule has 3 nitrogen and oxygen atoms in total. The van der Waals surface area contributed by atoms with Gasteiger partial charge in [0.05, 0.1) is 0 Å². The number of fused-ring (bicyclic) bond motifs is 1. The molecule has 16 heavy (non-hydrogen) atoms. The lowest BCUT2D eigenvalue weighted by molar-refractivity contribution is 0.370. The molecular weight excluding hydrogens is 198 g/mol. The maximum atomic E-state index is 4.32. The highest BCUT2D eigenvalue weighted by Crippen LogP contribution is 2.23. The first-order valence-corrected chi connectivity index (χ1v) is 5.64. The summed E-state index contributed by atoms with van der Waals surface area (Å²) < 4.78 is 0. The van der Waals surface area contributed by atoms with Gasteiger partial charge in [0.15, 0.2) is 0 Å². The molecule has 1 aliphatic rings. The second-order valence-electron chi connectivity index (χ2n) is 4.37. The maximum Gasteiger partial charge on any atom is 0.137 e. The average molecular weight is 213 g/mol. The first-order valence-electron chi connectivity index (χ1n) is 5.64. The van der Waals surface area contributed by atoms with Gasteiger partial charge in [-0.2, -0.15) is 0 Å². The van der Waals surface area contributed by atoms with E-state index in [1.165, 1.54) is 16.7 Å². The van der Waals surface area contributed by atoms with E-state index in [4.69, 9.17) is 0 Å². The van der Waals surface area contributed by atoms with Gasteiger partial charge in [0.1, 0.15) is 5.65 Å². The minimum absolute atomic E-state index is 0.984.